The highest BCUT2D eigenvalue weighted by molar-refractivity contribution is 6.13. The number of rotatable bonds is 8. The summed E-state index contributed by atoms with van der Waals surface area (Å²) in [5, 5.41) is 8.36. The van der Waals surface area contributed by atoms with E-state index in [-0.39, 0.29) is 5.91 Å². The lowest BCUT2D eigenvalue weighted by atomic mass is 10.2. The van der Waals surface area contributed by atoms with Crippen LogP contribution in [0.2, 0.25) is 0 Å². The highest BCUT2D eigenvalue weighted by atomic mass is 16.5. The second kappa shape index (κ2) is 9.09. The molecule has 0 spiro atoms. The number of hydrogen-bond acceptors (Lipinski definition) is 6. The minimum Gasteiger partial charge on any atom is -0.490 e. The van der Waals surface area contributed by atoms with Gasteiger partial charge < -0.3 is 19.2 Å². The van der Waals surface area contributed by atoms with E-state index in [4.69, 9.17) is 9.47 Å². The quantitative estimate of drug-likeness (QED) is 0.370. The first kappa shape index (κ1) is 20.7. The first-order valence-electron chi connectivity index (χ1n) is 10.5. The standard InChI is InChI=1S/C24H22N6O3/c1-32-13-14-33-21-8-11-29-12-10-26-23(29)22(21)24(31)28-19-6-4-7-20-18(19)15-27-30(20)16-17-5-2-3-9-25-17/h2-12,15H,13-14,16H2,1H3,(H,28,31). The molecule has 0 unspecified atom stereocenters. The number of hydrogen-bond donors (Lipinski definition) is 1. The van der Waals surface area contributed by atoms with Crippen LogP contribution in [0.1, 0.15) is 16.1 Å². The monoisotopic (exact) mass is 442 g/mol. The second-order valence-electron chi connectivity index (χ2n) is 7.37. The van der Waals surface area contributed by atoms with Gasteiger partial charge in [-0.2, -0.15) is 5.10 Å². The van der Waals surface area contributed by atoms with Crippen LogP contribution in [0.5, 0.6) is 5.75 Å². The number of fused-ring (bicyclic) bond motifs is 2. The lowest BCUT2D eigenvalue weighted by Gasteiger charge is -2.13. The average Bonchev–Trinajstić information content (AvgIpc) is 3.47. The van der Waals surface area contributed by atoms with Gasteiger partial charge in [-0.1, -0.05) is 12.1 Å². The molecule has 9 nitrogen and oxygen atoms in total. The normalized spacial score (nSPS) is 11.2. The van der Waals surface area contributed by atoms with Gasteiger partial charge in [0.2, 0.25) is 0 Å². The molecule has 1 N–H and O–H groups in total. The maximum Gasteiger partial charge on any atom is 0.263 e. The van der Waals surface area contributed by atoms with E-state index >= 15 is 0 Å². The lowest BCUT2D eigenvalue weighted by Crippen LogP contribution is -2.16. The lowest BCUT2D eigenvalue weighted by molar-refractivity contribution is 0.102. The van der Waals surface area contributed by atoms with Crippen LogP contribution in [0.3, 0.4) is 0 Å². The number of carbonyl (C=O) groups excluding carboxylic acids is 1. The summed E-state index contributed by atoms with van der Waals surface area (Å²) in [5.41, 5.74) is 3.33. The number of pyridine rings is 2. The fourth-order valence-corrected chi connectivity index (χ4v) is 3.71. The predicted molar refractivity (Wildman–Crippen MR) is 124 cm³/mol. The van der Waals surface area contributed by atoms with Crippen LogP contribution in [0, 0.1) is 0 Å². The summed E-state index contributed by atoms with van der Waals surface area (Å²) in [7, 11) is 1.60. The van der Waals surface area contributed by atoms with Gasteiger partial charge in [-0.25, -0.2) is 4.98 Å². The number of carbonyl (C=O) groups is 1. The maximum atomic E-state index is 13.4. The molecule has 166 valence electrons. The smallest absolute Gasteiger partial charge is 0.263 e. The van der Waals surface area contributed by atoms with Crippen LogP contribution < -0.4 is 10.1 Å². The van der Waals surface area contributed by atoms with Gasteiger partial charge in [0.15, 0.2) is 5.65 Å². The van der Waals surface area contributed by atoms with E-state index in [0.717, 1.165) is 16.6 Å². The molecule has 0 aliphatic heterocycles. The Morgan fingerprint density at radius 2 is 1.97 bits per heavy atom. The van der Waals surface area contributed by atoms with Crippen molar-refractivity contribution in [1.82, 2.24) is 24.1 Å². The number of nitrogens with zero attached hydrogens (tertiary/aromatic N) is 5. The maximum absolute atomic E-state index is 13.4. The minimum atomic E-state index is -0.316. The SMILES string of the molecule is COCCOc1ccn2ccnc2c1C(=O)Nc1cccc2c1cnn2Cc1ccccn1. The largest absolute Gasteiger partial charge is 0.490 e. The van der Waals surface area contributed by atoms with Crippen molar-refractivity contribution in [3.63, 3.8) is 0 Å². The Kier molecular flexibility index (Phi) is 5.69. The molecule has 5 aromatic rings. The number of aromatic nitrogens is 5. The number of anilines is 1. The number of benzene rings is 1. The Balaban J connectivity index is 1.47. The summed E-state index contributed by atoms with van der Waals surface area (Å²) >= 11 is 0. The zero-order valence-electron chi connectivity index (χ0n) is 18.0. The molecule has 0 aliphatic rings. The van der Waals surface area contributed by atoms with Crippen molar-refractivity contribution < 1.29 is 14.3 Å². The van der Waals surface area contributed by atoms with E-state index in [9.17, 15) is 4.79 Å². The average molecular weight is 442 g/mol. The Hall–Kier alpha value is -4.24. The van der Waals surface area contributed by atoms with Crippen molar-refractivity contribution >= 4 is 28.1 Å². The number of methoxy groups -OCH3 is 1. The van der Waals surface area contributed by atoms with Gasteiger partial charge in [0.05, 0.1) is 36.2 Å². The summed E-state index contributed by atoms with van der Waals surface area (Å²) < 4.78 is 14.5. The van der Waals surface area contributed by atoms with E-state index in [1.54, 1.807) is 42.4 Å². The third kappa shape index (κ3) is 4.13. The minimum absolute atomic E-state index is 0.316. The van der Waals surface area contributed by atoms with Crippen molar-refractivity contribution in [3.05, 3.63) is 84.7 Å². The molecule has 9 heteroatoms. The molecular weight excluding hydrogens is 420 g/mol. The summed E-state index contributed by atoms with van der Waals surface area (Å²) in [4.78, 5) is 22.1. The Morgan fingerprint density at radius 1 is 1.03 bits per heavy atom. The fraction of sp³-hybridized carbons (Fsp3) is 0.167. The molecule has 5 rings (SSSR count). The van der Waals surface area contributed by atoms with Crippen LogP contribution in [0.15, 0.2) is 73.4 Å². The van der Waals surface area contributed by atoms with Crippen LogP contribution in [0.4, 0.5) is 5.69 Å². The van der Waals surface area contributed by atoms with Gasteiger partial charge in [0.25, 0.3) is 5.91 Å². The molecule has 4 aromatic heterocycles. The second-order valence-corrected chi connectivity index (χ2v) is 7.37. The van der Waals surface area contributed by atoms with Gasteiger partial charge in [-0.05, 0) is 30.3 Å². The van der Waals surface area contributed by atoms with Crippen LogP contribution in [-0.2, 0) is 11.3 Å². The van der Waals surface area contributed by atoms with Gasteiger partial charge in [0, 0.05) is 37.3 Å². The molecule has 0 fully saturated rings. The van der Waals surface area contributed by atoms with Gasteiger partial charge >= 0.3 is 0 Å². The molecule has 0 bridgehead atoms. The molecule has 4 heterocycles. The van der Waals surface area contributed by atoms with E-state index in [0.29, 0.717) is 42.4 Å². The Labute approximate surface area is 189 Å². The van der Waals surface area contributed by atoms with Crippen molar-refractivity contribution in [3.8, 4) is 5.75 Å². The van der Waals surface area contributed by atoms with Crippen molar-refractivity contribution in [2.75, 3.05) is 25.6 Å². The summed E-state index contributed by atoms with van der Waals surface area (Å²) in [6, 6.07) is 13.2. The van der Waals surface area contributed by atoms with Crippen LogP contribution >= 0.6 is 0 Å². The Morgan fingerprint density at radius 3 is 2.82 bits per heavy atom. The fourth-order valence-electron chi connectivity index (χ4n) is 3.71. The summed E-state index contributed by atoms with van der Waals surface area (Å²) in [5.74, 6) is 0.130. The highest BCUT2D eigenvalue weighted by Gasteiger charge is 2.20. The highest BCUT2D eigenvalue weighted by Crippen LogP contribution is 2.27. The number of amides is 1. The molecule has 0 saturated carbocycles. The van der Waals surface area contributed by atoms with Crippen LogP contribution in [0.25, 0.3) is 16.6 Å². The van der Waals surface area contributed by atoms with Crippen molar-refractivity contribution in [1.29, 1.82) is 0 Å². The molecule has 0 atom stereocenters. The number of ether oxygens (including phenoxy) is 2. The summed E-state index contributed by atoms with van der Waals surface area (Å²) in [6.07, 6.45) is 8.75. The number of nitrogens with one attached hydrogen (secondary N) is 1. The topological polar surface area (TPSA) is 95.6 Å². The molecule has 0 saturated heterocycles. The third-order valence-corrected chi connectivity index (χ3v) is 5.27. The molecular formula is C24H22N6O3. The first-order chi connectivity index (χ1) is 16.2. The zero-order chi connectivity index (χ0) is 22.6. The third-order valence-electron chi connectivity index (χ3n) is 5.27. The molecule has 0 radical (unpaired) electrons. The number of imidazole rings is 1. The zero-order valence-corrected chi connectivity index (χ0v) is 18.0. The molecule has 0 aliphatic carbocycles. The first-order valence-corrected chi connectivity index (χ1v) is 10.5. The van der Waals surface area contributed by atoms with Gasteiger partial charge in [-0.15, -0.1) is 0 Å². The summed E-state index contributed by atoms with van der Waals surface area (Å²) in [6.45, 7) is 1.27. The predicted octanol–water partition coefficient (Wildman–Crippen LogP) is 3.40. The molecule has 33 heavy (non-hydrogen) atoms. The molecule has 1 aromatic carbocycles. The van der Waals surface area contributed by atoms with Crippen molar-refractivity contribution in [2.24, 2.45) is 0 Å². The van der Waals surface area contributed by atoms with E-state index in [1.165, 1.54) is 0 Å². The van der Waals surface area contributed by atoms with Gasteiger partial charge in [-0.3, -0.25) is 14.5 Å². The molecule has 1 amide bonds. The van der Waals surface area contributed by atoms with Gasteiger partial charge in [0.1, 0.15) is 17.9 Å². The van der Waals surface area contributed by atoms with Crippen molar-refractivity contribution in [2.45, 2.75) is 6.54 Å². The van der Waals surface area contributed by atoms with Crippen LogP contribution in [-0.4, -0.2) is 50.4 Å². The van der Waals surface area contributed by atoms with E-state index in [1.807, 2.05) is 47.3 Å². The Bertz CT molecular complexity index is 1410. The van der Waals surface area contributed by atoms with E-state index in [2.05, 4.69) is 20.4 Å². The van der Waals surface area contributed by atoms with E-state index < -0.39 is 0 Å².